The predicted molar refractivity (Wildman–Crippen MR) is 88.2 cm³/mol. The maximum Gasteiger partial charge on any atom is 0.296 e. The molecular weight excluding hydrogens is 324 g/mol. The van der Waals surface area contributed by atoms with Crippen molar-refractivity contribution in [2.24, 2.45) is 0 Å². The highest BCUT2D eigenvalue weighted by molar-refractivity contribution is 5.81. The maximum absolute atomic E-state index is 12.4. The Bertz CT molecular complexity index is 998. The zero-order valence-electron chi connectivity index (χ0n) is 13.8. The zero-order valence-corrected chi connectivity index (χ0v) is 13.8. The Balaban J connectivity index is 1.71. The number of nitriles is 1. The molecule has 1 atom stereocenters. The van der Waals surface area contributed by atoms with E-state index in [2.05, 4.69) is 10.3 Å². The summed E-state index contributed by atoms with van der Waals surface area (Å²) in [5.41, 5.74) is 0.906. The van der Waals surface area contributed by atoms with Gasteiger partial charge in [-0.15, -0.1) is 0 Å². The van der Waals surface area contributed by atoms with Crippen molar-refractivity contribution in [1.82, 2.24) is 14.9 Å². The van der Waals surface area contributed by atoms with Crippen molar-refractivity contribution in [3.63, 3.8) is 0 Å². The first-order valence-corrected chi connectivity index (χ1v) is 7.64. The molecule has 0 fully saturated rings. The van der Waals surface area contributed by atoms with Crippen molar-refractivity contribution in [1.29, 1.82) is 5.26 Å². The Kier molecular flexibility index (Phi) is 4.50. The number of fused-ring (bicyclic) bond motifs is 1. The second-order valence-corrected chi connectivity index (χ2v) is 5.64. The van der Waals surface area contributed by atoms with E-state index in [1.165, 1.54) is 0 Å². The van der Waals surface area contributed by atoms with Gasteiger partial charge < -0.3 is 14.4 Å². The molecular formula is C17H16N4O4. The molecule has 2 aromatic heterocycles. The van der Waals surface area contributed by atoms with Crippen LogP contribution in [0.2, 0.25) is 0 Å². The molecule has 0 bridgehead atoms. The minimum absolute atomic E-state index is 0.0189. The minimum atomic E-state index is -0.939. The lowest BCUT2D eigenvalue weighted by molar-refractivity contribution is 0.0880. The first kappa shape index (κ1) is 16.7. The largest absolute Gasteiger partial charge is 0.491 e. The van der Waals surface area contributed by atoms with Crippen LogP contribution in [0.25, 0.3) is 10.9 Å². The van der Waals surface area contributed by atoms with Gasteiger partial charge in [-0.05, 0) is 38.1 Å². The summed E-state index contributed by atoms with van der Waals surface area (Å²) in [5, 5.41) is 27.5. The molecule has 0 radical (unpaired) electrons. The van der Waals surface area contributed by atoms with Gasteiger partial charge in [0.2, 0.25) is 0 Å². The summed E-state index contributed by atoms with van der Waals surface area (Å²) in [6.07, 6.45) is -0.939. The van der Waals surface area contributed by atoms with Crippen molar-refractivity contribution < 1.29 is 14.4 Å². The van der Waals surface area contributed by atoms with E-state index in [1.807, 2.05) is 6.07 Å². The molecule has 3 aromatic rings. The van der Waals surface area contributed by atoms with Crippen LogP contribution < -0.4 is 10.3 Å². The van der Waals surface area contributed by atoms with Gasteiger partial charge in [0.05, 0.1) is 29.3 Å². The molecule has 0 amide bonds. The van der Waals surface area contributed by atoms with E-state index in [1.54, 1.807) is 38.1 Å². The summed E-state index contributed by atoms with van der Waals surface area (Å²) >= 11 is 0. The van der Waals surface area contributed by atoms with Crippen LogP contribution in [0, 0.1) is 25.2 Å². The molecule has 3 rings (SSSR count). The quantitative estimate of drug-likeness (QED) is 0.744. The van der Waals surface area contributed by atoms with Crippen molar-refractivity contribution in [3.05, 3.63) is 51.6 Å². The SMILES string of the molecule is Cc1nn(C[C@@H](O)COc2ccc(C#N)cc2)c(=O)c2noc(C)c12. The lowest BCUT2D eigenvalue weighted by atomic mass is 10.2. The molecule has 0 saturated heterocycles. The van der Waals surface area contributed by atoms with Gasteiger partial charge in [0.25, 0.3) is 5.56 Å². The Labute approximate surface area is 142 Å². The molecule has 0 saturated carbocycles. The van der Waals surface area contributed by atoms with Gasteiger partial charge >= 0.3 is 0 Å². The summed E-state index contributed by atoms with van der Waals surface area (Å²) in [7, 11) is 0. The van der Waals surface area contributed by atoms with Crippen LogP contribution in [-0.2, 0) is 6.54 Å². The molecule has 0 spiro atoms. The van der Waals surface area contributed by atoms with Gasteiger partial charge in [0, 0.05) is 0 Å². The molecule has 0 unspecified atom stereocenters. The molecule has 2 heterocycles. The first-order valence-electron chi connectivity index (χ1n) is 7.64. The van der Waals surface area contributed by atoms with Gasteiger partial charge in [0.1, 0.15) is 24.2 Å². The molecule has 0 aliphatic rings. The van der Waals surface area contributed by atoms with Crippen LogP contribution in [0.4, 0.5) is 0 Å². The molecule has 25 heavy (non-hydrogen) atoms. The van der Waals surface area contributed by atoms with E-state index in [4.69, 9.17) is 14.5 Å². The average Bonchev–Trinajstić information content (AvgIpc) is 3.00. The second-order valence-electron chi connectivity index (χ2n) is 5.64. The fraction of sp³-hybridized carbons (Fsp3) is 0.294. The number of aliphatic hydroxyl groups excluding tert-OH is 1. The standard InChI is InChI=1S/C17H16N4O4/c1-10-15-11(2)25-20-16(15)17(23)21(19-10)8-13(22)9-24-14-5-3-12(7-18)4-6-14/h3-6,13,22H,8-9H2,1-2H3/t13-/m1/s1. The van der Waals surface area contributed by atoms with Crippen LogP contribution in [0.5, 0.6) is 5.75 Å². The summed E-state index contributed by atoms with van der Waals surface area (Å²) in [5.74, 6) is 1.06. The van der Waals surface area contributed by atoms with Crippen LogP contribution in [0.3, 0.4) is 0 Å². The van der Waals surface area contributed by atoms with Crippen LogP contribution in [0.15, 0.2) is 33.6 Å². The van der Waals surface area contributed by atoms with Gasteiger partial charge in [-0.2, -0.15) is 10.4 Å². The second kappa shape index (κ2) is 6.75. The lowest BCUT2D eigenvalue weighted by Gasteiger charge is -2.13. The van der Waals surface area contributed by atoms with E-state index >= 15 is 0 Å². The minimum Gasteiger partial charge on any atom is -0.491 e. The van der Waals surface area contributed by atoms with Crippen molar-refractivity contribution >= 4 is 10.9 Å². The maximum atomic E-state index is 12.4. The van der Waals surface area contributed by atoms with Gasteiger partial charge in [-0.3, -0.25) is 4.79 Å². The Hall–Kier alpha value is -3.18. The smallest absolute Gasteiger partial charge is 0.296 e. The fourth-order valence-electron chi connectivity index (χ4n) is 2.54. The van der Waals surface area contributed by atoms with E-state index < -0.39 is 11.7 Å². The number of hydrogen-bond acceptors (Lipinski definition) is 7. The summed E-state index contributed by atoms with van der Waals surface area (Å²) < 4.78 is 11.7. The molecule has 128 valence electrons. The third kappa shape index (κ3) is 3.36. The van der Waals surface area contributed by atoms with E-state index in [0.29, 0.717) is 28.2 Å². The number of aromatic nitrogens is 3. The number of nitrogens with zero attached hydrogens (tertiary/aromatic N) is 4. The molecule has 8 nitrogen and oxygen atoms in total. The first-order chi connectivity index (χ1) is 12.0. The number of ether oxygens (including phenoxy) is 1. The normalized spacial score (nSPS) is 12.1. The van der Waals surface area contributed by atoms with Gasteiger partial charge in [-0.1, -0.05) is 5.16 Å². The Morgan fingerprint density at radius 2 is 2.08 bits per heavy atom. The fourth-order valence-corrected chi connectivity index (χ4v) is 2.54. The van der Waals surface area contributed by atoms with E-state index in [0.717, 1.165) is 4.68 Å². The highest BCUT2D eigenvalue weighted by atomic mass is 16.5. The predicted octanol–water partition coefficient (Wildman–Crippen LogP) is 1.31. The number of rotatable bonds is 5. The summed E-state index contributed by atoms with van der Waals surface area (Å²) in [6.45, 7) is 3.42. The monoisotopic (exact) mass is 340 g/mol. The Morgan fingerprint density at radius 1 is 1.36 bits per heavy atom. The molecule has 1 N–H and O–H groups in total. The van der Waals surface area contributed by atoms with Crippen molar-refractivity contribution in [2.75, 3.05) is 6.61 Å². The van der Waals surface area contributed by atoms with Crippen molar-refractivity contribution in [3.8, 4) is 11.8 Å². The highest BCUT2D eigenvalue weighted by Gasteiger charge is 2.17. The highest BCUT2D eigenvalue weighted by Crippen LogP contribution is 2.16. The van der Waals surface area contributed by atoms with E-state index in [9.17, 15) is 9.90 Å². The zero-order chi connectivity index (χ0) is 18.0. The van der Waals surface area contributed by atoms with Crippen molar-refractivity contribution in [2.45, 2.75) is 26.5 Å². The number of aliphatic hydroxyl groups is 1. The third-order valence-electron chi connectivity index (χ3n) is 3.74. The lowest BCUT2D eigenvalue weighted by Crippen LogP contribution is -2.32. The average molecular weight is 340 g/mol. The van der Waals surface area contributed by atoms with Crippen LogP contribution in [0.1, 0.15) is 17.0 Å². The number of aryl methyl sites for hydroxylation is 2. The van der Waals surface area contributed by atoms with E-state index in [-0.39, 0.29) is 18.7 Å². The summed E-state index contributed by atoms with van der Waals surface area (Å²) in [4.78, 5) is 12.4. The molecule has 0 aliphatic heterocycles. The topological polar surface area (TPSA) is 114 Å². The Morgan fingerprint density at radius 3 is 2.76 bits per heavy atom. The number of benzene rings is 1. The van der Waals surface area contributed by atoms with Gasteiger partial charge in [-0.25, -0.2) is 4.68 Å². The van der Waals surface area contributed by atoms with Crippen LogP contribution in [-0.4, -0.2) is 32.8 Å². The third-order valence-corrected chi connectivity index (χ3v) is 3.74. The van der Waals surface area contributed by atoms with Gasteiger partial charge in [0.15, 0.2) is 5.52 Å². The molecule has 8 heteroatoms. The van der Waals surface area contributed by atoms with Crippen LogP contribution >= 0.6 is 0 Å². The molecule has 0 aliphatic carbocycles. The molecule has 1 aromatic carbocycles. The number of hydrogen-bond donors (Lipinski definition) is 1. The summed E-state index contributed by atoms with van der Waals surface area (Å²) in [6, 6.07) is 8.55.